The third-order valence-electron chi connectivity index (χ3n) is 2.86. The molecule has 0 saturated heterocycles. The molecule has 2 nitrogen and oxygen atoms in total. The van der Waals surface area contributed by atoms with E-state index in [1.807, 2.05) is 0 Å². The molecule has 0 unspecified atom stereocenters. The molecule has 0 aliphatic rings. The summed E-state index contributed by atoms with van der Waals surface area (Å²) in [6, 6.07) is 8.83. The number of nitrogens with zero attached hydrogens (tertiary/aromatic N) is 2. The lowest BCUT2D eigenvalue weighted by Gasteiger charge is -2.22. The van der Waals surface area contributed by atoms with E-state index in [0.29, 0.717) is 5.92 Å². The third-order valence-corrected chi connectivity index (χ3v) is 2.86. The van der Waals surface area contributed by atoms with Crippen LogP contribution in [0, 0.1) is 0 Å². The van der Waals surface area contributed by atoms with E-state index >= 15 is 0 Å². The van der Waals surface area contributed by atoms with Crippen LogP contribution in [0.1, 0.15) is 25.3 Å². The van der Waals surface area contributed by atoms with Gasteiger partial charge in [0, 0.05) is 25.8 Å². The lowest BCUT2D eigenvalue weighted by molar-refractivity contribution is 0.416. The predicted molar refractivity (Wildman–Crippen MR) is 72.4 cm³/mol. The van der Waals surface area contributed by atoms with Crippen LogP contribution in [0.25, 0.3) is 0 Å². The monoisotopic (exact) mass is 220 g/mol. The molecule has 90 valence electrons. The smallest absolute Gasteiger partial charge is 0.0366 e. The zero-order valence-electron chi connectivity index (χ0n) is 11.2. The Morgan fingerprint density at radius 2 is 1.75 bits per heavy atom. The van der Waals surface area contributed by atoms with Gasteiger partial charge >= 0.3 is 0 Å². The first kappa shape index (κ1) is 13.0. The molecule has 0 spiro atoms. The van der Waals surface area contributed by atoms with Crippen LogP contribution < -0.4 is 4.90 Å². The van der Waals surface area contributed by atoms with E-state index in [4.69, 9.17) is 0 Å². The molecule has 2 heteroatoms. The van der Waals surface area contributed by atoms with Crippen molar-refractivity contribution in [3.05, 3.63) is 29.8 Å². The molecular weight excluding hydrogens is 196 g/mol. The molecule has 0 saturated carbocycles. The molecule has 0 aliphatic heterocycles. The lowest BCUT2D eigenvalue weighted by atomic mass is 10.0. The van der Waals surface area contributed by atoms with Gasteiger partial charge in [-0.3, -0.25) is 0 Å². The second-order valence-electron chi connectivity index (χ2n) is 4.97. The highest BCUT2D eigenvalue weighted by Crippen LogP contribution is 2.20. The van der Waals surface area contributed by atoms with E-state index in [-0.39, 0.29) is 0 Å². The van der Waals surface area contributed by atoms with Crippen molar-refractivity contribution >= 4 is 5.69 Å². The number of anilines is 1. The first-order chi connectivity index (χ1) is 7.50. The summed E-state index contributed by atoms with van der Waals surface area (Å²) in [5, 5.41) is 0. The minimum atomic E-state index is 0.599. The van der Waals surface area contributed by atoms with Gasteiger partial charge in [0.2, 0.25) is 0 Å². The second kappa shape index (κ2) is 5.90. The molecule has 1 aromatic carbocycles. The zero-order chi connectivity index (χ0) is 12.1. The van der Waals surface area contributed by atoms with Crippen LogP contribution in [0.4, 0.5) is 5.69 Å². The standard InChI is InChI=1S/C14H24N2/c1-12(2)13-7-6-8-14(11-13)16(5)10-9-15(3)4/h6-8,11-12H,9-10H2,1-5H3. The summed E-state index contributed by atoms with van der Waals surface area (Å²) in [7, 11) is 6.37. The molecular formula is C14H24N2. The average Bonchev–Trinajstić information content (AvgIpc) is 2.26. The highest BCUT2D eigenvalue weighted by molar-refractivity contribution is 5.48. The largest absolute Gasteiger partial charge is 0.373 e. The van der Waals surface area contributed by atoms with Gasteiger partial charge in [-0.05, 0) is 37.7 Å². The fraction of sp³-hybridized carbons (Fsp3) is 0.571. The topological polar surface area (TPSA) is 6.48 Å². The van der Waals surface area contributed by atoms with Crippen molar-refractivity contribution in [1.82, 2.24) is 4.90 Å². The van der Waals surface area contributed by atoms with Gasteiger partial charge in [-0.25, -0.2) is 0 Å². The number of hydrogen-bond donors (Lipinski definition) is 0. The molecule has 0 heterocycles. The van der Waals surface area contributed by atoms with Crippen molar-refractivity contribution in [2.75, 3.05) is 39.1 Å². The summed E-state index contributed by atoms with van der Waals surface area (Å²) < 4.78 is 0. The summed E-state index contributed by atoms with van der Waals surface area (Å²) >= 11 is 0. The van der Waals surface area contributed by atoms with Gasteiger partial charge in [-0.2, -0.15) is 0 Å². The fourth-order valence-corrected chi connectivity index (χ4v) is 1.60. The first-order valence-corrected chi connectivity index (χ1v) is 5.96. The molecule has 0 aliphatic carbocycles. The summed E-state index contributed by atoms with van der Waals surface area (Å²) in [5.41, 5.74) is 2.72. The van der Waals surface area contributed by atoms with Crippen molar-refractivity contribution in [3.8, 4) is 0 Å². The molecule has 16 heavy (non-hydrogen) atoms. The van der Waals surface area contributed by atoms with Gasteiger partial charge in [0.15, 0.2) is 0 Å². The maximum absolute atomic E-state index is 2.31. The average molecular weight is 220 g/mol. The van der Waals surface area contributed by atoms with Crippen LogP contribution in [-0.2, 0) is 0 Å². The van der Waals surface area contributed by atoms with Crippen LogP contribution >= 0.6 is 0 Å². The Bertz CT molecular complexity index is 318. The van der Waals surface area contributed by atoms with Crippen LogP contribution in [-0.4, -0.2) is 39.1 Å². The fourth-order valence-electron chi connectivity index (χ4n) is 1.60. The van der Waals surface area contributed by atoms with Crippen LogP contribution in [0.15, 0.2) is 24.3 Å². The van der Waals surface area contributed by atoms with Crippen molar-refractivity contribution in [3.63, 3.8) is 0 Å². The lowest BCUT2D eigenvalue weighted by Crippen LogP contribution is -2.28. The number of hydrogen-bond acceptors (Lipinski definition) is 2. The third kappa shape index (κ3) is 3.86. The van der Waals surface area contributed by atoms with Gasteiger partial charge < -0.3 is 9.80 Å². The van der Waals surface area contributed by atoms with Crippen molar-refractivity contribution in [2.24, 2.45) is 0 Å². The summed E-state index contributed by atoms with van der Waals surface area (Å²) in [6.07, 6.45) is 0. The maximum Gasteiger partial charge on any atom is 0.0366 e. The molecule has 1 aromatic rings. The van der Waals surface area contributed by atoms with Crippen LogP contribution in [0.5, 0.6) is 0 Å². The Labute approximate surface area is 99.9 Å². The summed E-state index contributed by atoms with van der Waals surface area (Å²) in [6.45, 7) is 6.62. The quantitative estimate of drug-likeness (QED) is 0.753. The normalized spacial score (nSPS) is 11.2. The molecule has 0 aromatic heterocycles. The highest BCUT2D eigenvalue weighted by Gasteiger charge is 2.04. The van der Waals surface area contributed by atoms with Crippen LogP contribution in [0.2, 0.25) is 0 Å². The van der Waals surface area contributed by atoms with E-state index in [1.54, 1.807) is 0 Å². The van der Waals surface area contributed by atoms with Gasteiger partial charge in [-0.1, -0.05) is 26.0 Å². The van der Waals surface area contributed by atoms with E-state index in [1.165, 1.54) is 11.3 Å². The van der Waals surface area contributed by atoms with Gasteiger partial charge in [0.25, 0.3) is 0 Å². The van der Waals surface area contributed by atoms with Crippen molar-refractivity contribution < 1.29 is 0 Å². The predicted octanol–water partition coefficient (Wildman–Crippen LogP) is 2.81. The minimum Gasteiger partial charge on any atom is -0.373 e. The van der Waals surface area contributed by atoms with E-state index in [0.717, 1.165) is 13.1 Å². The Hall–Kier alpha value is -1.02. The maximum atomic E-state index is 2.31. The molecule has 0 N–H and O–H groups in total. The van der Waals surface area contributed by atoms with Gasteiger partial charge in [-0.15, -0.1) is 0 Å². The Morgan fingerprint density at radius 3 is 2.31 bits per heavy atom. The Morgan fingerprint density at radius 1 is 1.06 bits per heavy atom. The molecule has 0 fully saturated rings. The van der Waals surface area contributed by atoms with E-state index < -0.39 is 0 Å². The van der Waals surface area contributed by atoms with Gasteiger partial charge in [0.1, 0.15) is 0 Å². The summed E-state index contributed by atoms with van der Waals surface area (Å²) in [5.74, 6) is 0.599. The SMILES string of the molecule is CC(C)c1cccc(N(C)CCN(C)C)c1. The van der Waals surface area contributed by atoms with Gasteiger partial charge in [0.05, 0.1) is 0 Å². The highest BCUT2D eigenvalue weighted by atomic mass is 15.1. The zero-order valence-corrected chi connectivity index (χ0v) is 11.2. The van der Waals surface area contributed by atoms with Crippen LogP contribution in [0.3, 0.4) is 0 Å². The molecule has 0 bridgehead atoms. The molecule has 0 radical (unpaired) electrons. The minimum absolute atomic E-state index is 0.599. The number of rotatable bonds is 5. The molecule has 1 rings (SSSR count). The number of benzene rings is 1. The van der Waals surface area contributed by atoms with Crippen molar-refractivity contribution in [1.29, 1.82) is 0 Å². The second-order valence-corrected chi connectivity index (χ2v) is 4.97. The number of likely N-dealkylation sites (N-methyl/N-ethyl adjacent to an activating group) is 2. The van der Waals surface area contributed by atoms with E-state index in [9.17, 15) is 0 Å². The Kier molecular flexibility index (Phi) is 4.81. The molecule has 0 amide bonds. The Balaban J connectivity index is 2.68. The molecule has 0 atom stereocenters. The van der Waals surface area contributed by atoms with Crippen molar-refractivity contribution in [2.45, 2.75) is 19.8 Å². The first-order valence-electron chi connectivity index (χ1n) is 5.96. The summed E-state index contributed by atoms with van der Waals surface area (Å²) in [4.78, 5) is 4.52. The van der Waals surface area contributed by atoms with E-state index in [2.05, 4.69) is 69.1 Å².